The van der Waals surface area contributed by atoms with Gasteiger partial charge in [-0.05, 0) is 24.2 Å². The highest BCUT2D eigenvalue weighted by atomic mass is 32.2. The number of nitrogens with one attached hydrogen (secondary N) is 2. The van der Waals surface area contributed by atoms with Gasteiger partial charge in [-0.1, -0.05) is 49.4 Å². The first-order valence-corrected chi connectivity index (χ1v) is 8.55. The smallest absolute Gasteiger partial charge is 0.238 e. The van der Waals surface area contributed by atoms with Crippen molar-refractivity contribution in [2.45, 2.75) is 17.1 Å². The molecule has 0 aromatic heterocycles. The fourth-order valence-corrected chi connectivity index (χ4v) is 3.19. The molecule has 0 radical (unpaired) electrons. The molecule has 0 aliphatic carbocycles. The fourth-order valence-electron chi connectivity index (χ4n) is 2.11. The molecule has 122 valence electrons. The highest BCUT2D eigenvalue weighted by Gasteiger charge is 2.22. The van der Waals surface area contributed by atoms with Gasteiger partial charge in [0.15, 0.2) is 0 Å². The molecule has 1 atom stereocenters. The van der Waals surface area contributed by atoms with Crippen LogP contribution in [-0.4, -0.2) is 25.5 Å². The van der Waals surface area contributed by atoms with E-state index in [1.54, 1.807) is 18.2 Å². The Balaban J connectivity index is 2.12. The standard InChI is InChI=1S/C18H21FN2OS/c1-2-20-12-13-21-18(22)17(14-8-4-3-5-9-14)23-16-11-7-6-10-15(16)19/h3-11,17,20H,2,12-13H2,1H3,(H,21,22). The number of hydrogen-bond acceptors (Lipinski definition) is 3. The summed E-state index contributed by atoms with van der Waals surface area (Å²) in [5.74, 6) is -0.416. The molecular weight excluding hydrogens is 311 g/mol. The van der Waals surface area contributed by atoms with Crippen LogP contribution in [0.25, 0.3) is 0 Å². The summed E-state index contributed by atoms with van der Waals surface area (Å²) in [6, 6.07) is 16.0. The lowest BCUT2D eigenvalue weighted by atomic mass is 10.1. The average Bonchev–Trinajstić information content (AvgIpc) is 2.58. The van der Waals surface area contributed by atoms with E-state index >= 15 is 0 Å². The van der Waals surface area contributed by atoms with Crippen molar-refractivity contribution in [3.05, 3.63) is 66.0 Å². The number of carbonyl (C=O) groups excluding carboxylic acids is 1. The van der Waals surface area contributed by atoms with E-state index < -0.39 is 5.25 Å². The lowest BCUT2D eigenvalue weighted by molar-refractivity contribution is -0.120. The molecule has 0 fully saturated rings. The second kappa shape index (κ2) is 9.33. The van der Waals surface area contributed by atoms with Gasteiger partial charge in [-0.2, -0.15) is 0 Å². The zero-order valence-electron chi connectivity index (χ0n) is 13.1. The molecule has 0 bridgehead atoms. The molecule has 2 aromatic carbocycles. The van der Waals surface area contributed by atoms with Crippen LogP contribution in [0.5, 0.6) is 0 Å². The average molecular weight is 332 g/mol. The van der Waals surface area contributed by atoms with E-state index in [1.165, 1.54) is 17.8 Å². The van der Waals surface area contributed by atoms with Crippen LogP contribution in [0.2, 0.25) is 0 Å². The number of likely N-dealkylation sites (N-methyl/N-ethyl adjacent to an activating group) is 1. The fraction of sp³-hybridized carbons (Fsp3) is 0.278. The third kappa shape index (κ3) is 5.37. The molecule has 1 unspecified atom stereocenters. The van der Waals surface area contributed by atoms with Crippen LogP contribution < -0.4 is 10.6 Å². The lowest BCUT2D eigenvalue weighted by Gasteiger charge is -2.17. The summed E-state index contributed by atoms with van der Waals surface area (Å²) in [7, 11) is 0. The third-order valence-corrected chi connectivity index (χ3v) is 4.58. The Hall–Kier alpha value is -1.85. The second-order valence-corrected chi connectivity index (χ2v) is 6.13. The number of carbonyl (C=O) groups is 1. The maximum Gasteiger partial charge on any atom is 0.238 e. The van der Waals surface area contributed by atoms with E-state index in [2.05, 4.69) is 10.6 Å². The van der Waals surface area contributed by atoms with Crippen molar-refractivity contribution in [2.75, 3.05) is 19.6 Å². The second-order valence-electron chi connectivity index (χ2n) is 4.98. The van der Waals surface area contributed by atoms with Gasteiger partial charge in [0.25, 0.3) is 0 Å². The number of amides is 1. The molecule has 1 amide bonds. The molecule has 2 aromatic rings. The molecule has 0 spiro atoms. The minimum absolute atomic E-state index is 0.109. The van der Waals surface area contributed by atoms with E-state index in [0.717, 1.165) is 12.1 Å². The molecule has 0 saturated carbocycles. The molecule has 5 heteroatoms. The third-order valence-electron chi connectivity index (χ3n) is 3.27. The molecule has 0 aliphatic heterocycles. The first-order valence-electron chi connectivity index (χ1n) is 7.67. The van der Waals surface area contributed by atoms with Gasteiger partial charge < -0.3 is 10.6 Å². The van der Waals surface area contributed by atoms with Crippen molar-refractivity contribution >= 4 is 17.7 Å². The van der Waals surface area contributed by atoms with Crippen molar-refractivity contribution in [1.29, 1.82) is 0 Å². The van der Waals surface area contributed by atoms with Crippen LogP contribution in [0.4, 0.5) is 4.39 Å². The Labute approximate surface area is 140 Å². The van der Waals surface area contributed by atoms with E-state index in [-0.39, 0.29) is 11.7 Å². The SMILES string of the molecule is CCNCCNC(=O)C(Sc1ccccc1F)c1ccccc1. The minimum atomic E-state index is -0.477. The molecular formula is C18H21FN2OS. The lowest BCUT2D eigenvalue weighted by Crippen LogP contribution is -2.34. The van der Waals surface area contributed by atoms with Gasteiger partial charge in [0.2, 0.25) is 5.91 Å². The summed E-state index contributed by atoms with van der Waals surface area (Å²) >= 11 is 1.23. The number of thioether (sulfide) groups is 1. The van der Waals surface area contributed by atoms with Crippen molar-refractivity contribution in [2.24, 2.45) is 0 Å². The molecule has 0 saturated heterocycles. The largest absolute Gasteiger partial charge is 0.354 e. The predicted octanol–water partition coefficient (Wildman–Crippen LogP) is 3.38. The number of rotatable bonds is 8. The summed E-state index contributed by atoms with van der Waals surface area (Å²) in [5.41, 5.74) is 0.863. The summed E-state index contributed by atoms with van der Waals surface area (Å²) in [5, 5.41) is 5.59. The molecule has 0 heterocycles. The zero-order chi connectivity index (χ0) is 16.5. The van der Waals surface area contributed by atoms with Crippen LogP contribution in [0.15, 0.2) is 59.5 Å². The van der Waals surface area contributed by atoms with E-state index in [9.17, 15) is 9.18 Å². The Morgan fingerprint density at radius 3 is 2.48 bits per heavy atom. The molecule has 23 heavy (non-hydrogen) atoms. The Morgan fingerprint density at radius 1 is 1.09 bits per heavy atom. The van der Waals surface area contributed by atoms with Crippen molar-refractivity contribution in [1.82, 2.24) is 10.6 Å². The van der Waals surface area contributed by atoms with E-state index in [1.807, 2.05) is 37.3 Å². The number of benzene rings is 2. The van der Waals surface area contributed by atoms with Gasteiger partial charge in [-0.15, -0.1) is 11.8 Å². The summed E-state index contributed by atoms with van der Waals surface area (Å²) in [6.07, 6.45) is 0. The highest BCUT2D eigenvalue weighted by molar-refractivity contribution is 8.00. The van der Waals surface area contributed by atoms with Gasteiger partial charge in [-0.25, -0.2) is 4.39 Å². The summed E-state index contributed by atoms with van der Waals surface area (Å²) < 4.78 is 13.9. The van der Waals surface area contributed by atoms with Gasteiger partial charge >= 0.3 is 0 Å². The van der Waals surface area contributed by atoms with Crippen molar-refractivity contribution in [3.63, 3.8) is 0 Å². The van der Waals surface area contributed by atoms with Crippen molar-refractivity contribution < 1.29 is 9.18 Å². The van der Waals surface area contributed by atoms with Crippen LogP contribution in [0.3, 0.4) is 0 Å². The molecule has 2 rings (SSSR count). The van der Waals surface area contributed by atoms with Gasteiger partial charge in [0.1, 0.15) is 11.1 Å². The minimum Gasteiger partial charge on any atom is -0.354 e. The van der Waals surface area contributed by atoms with Crippen LogP contribution in [0, 0.1) is 5.82 Å². The normalized spacial score (nSPS) is 11.9. The van der Waals surface area contributed by atoms with Gasteiger partial charge in [0.05, 0.1) is 0 Å². The summed E-state index contributed by atoms with van der Waals surface area (Å²) in [6.45, 7) is 4.15. The Bertz CT molecular complexity index is 621. The first kappa shape index (κ1) is 17.5. The number of halogens is 1. The highest BCUT2D eigenvalue weighted by Crippen LogP contribution is 2.36. The topological polar surface area (TPSA) is 41.1 Å². The molecule has 2 N–H and O–H groups in total. The van der Waals surface area contributed by atoms with E-state index in [0.29, 0.717) is 18.0 Å². The van der Waals surface area contributed by atoms with Crippen LogP contribution in [0.1, 0.15) is 17.7 Å². The maximum absolute atomic E-state index is 13.9. The quantitative estimate of drug-likeness (QED) is 0.575. The zero-order valence-corrected chi connectivity index (χ0v) is 13.9. The molecule has 0 aliphatic rings. The number of hydrogen-bond donors (Lipinski definition) is 2. The Morgan fingerprint density at radius 2 is 1.78 bits per heavy atom. The van der Waals surface area contributed by atoms with Gasteiger partial charge in [-0.3, -0.25) is 4.79 Å². The summed E-state index contributed by atoms with van der Waals surface area (Å²) in [4.78, 5) is 13.0. The first-order chi connectivity index (χ1) is 11.2. The van der Waals surface area contributed by atoms with E-state index in [4.69, 9.17) is 0 Å². The maximum atomic E-state index is 13.9. The molecule has 3 nitrogen and oxygen atoms in total. The van der Waals surface area contributed by atoms with Gasteiger partial charge in [0, 0.05) is 18.0 Å². The monoisotopic (exact) mass is 332 g/mol. The van der Waals surface area contributed by atoms with Crippen LogP contribution in [-0.2, 0) is 4.79 Å². The van der Waals surface area contributed by atoms with Crippen LogP contribution >= 0.6 is 11.8 Å². The van der Waals surface area contributed by atoms with Crippen molar-refractivity contribution in [3.8, 4) is 0 Å². The predicted molar refractivity (Wildman–Crippen MR) is 93.0 cm³/mol. The Kier molecular flexibility index (Phi) is 7.10.